The Hall–Kier alpha value is -2.58. The summed E-state index contributed by atoms with van der Waals surface area (Å²) in [6, 6.07) is 7.93. The maximum atomic E-state index is 12.4. The molecule has 130 valence electrons. The van der Waals surface area contributed by atoms with E-state index in [0.29, 0.717) is 0 Å². The summed E-state index contributed by atoms with van der Waals surface area (Å²) in [7, 11) is 1.73. The van der Waals surface area contributed by atoms with Gasteiger partial charge in [0.05, 0.1) is 16.8 Å². The number of aromatic amines is 1. The van der Waals surface area contributed by atoms with Crippen molar-refractivity contribution in [1.82, 2.24) is 4.98 Å². The fourth-order valence-corrected chi connectivity index (χ4v) is 3.38. The molecule has 0 radical (unpaired) electrons. The number of anilines is 1. The van der Waals surface area contributed by atoms with Crippen LogP contribution < -0.4 is 10.5 Å². The quantitative estimate of drug-likeness (QED) is 0.931. The number of benzene rings is 1. The fraction of sp³-hybridized carbons (Fsp3) is 0.400. The van der Waals surface area contributed by atoms with E-state index in [0.717, 1.165) is 53.7 Å². The Morgan fingerprint density at radius 2 is 2.08 bits per heavy atom. The van der Waals surface area contributed by atoms with Crippen molar-refractivity contribution in [2.24, 2.45) is 0 Å². The standard InChI is InChI=1S/C20H23N3O2/c1-13(2)14-5-6-17-15(11-14)18(16(12-21)19(24)22-17)23-9-7-20(3,25-4)8-10-23/h5-6,11H,1,7-10H2,2-4H3,(H,22,24). The van der Waals surface area contributed by atoms with E-state index in [-0.39, 0.29) is 16.7 Å². The largest absolute Gasteiger partial charge is 0.378 e. The SMILES string of the molecule is C=C(C)c1ccc2[nH]c(=O)c(C#N)c(N3CCC(C)(OC)CC3)c2c1. The lowest BCUT2D eigenvalue weighted by Crippen LogP contribution is -2.44. The number of rotatable bonds is 3. The Labute approximate surface area is 147 Å². The van der Waals surface area contributed by atoms with Gasteiger partial charge in [-0.1, -0.05) is 18.2 Å². The number of nitrogens with one attached hydrogen (secondary N) is 1. The van der Waals surface area contributed by atoms with Gasteiger partial charge in [0, 0.05) is 25.6 Å². The minimum Gasteiger partial charge on any atom is -0.378 e. The summed E-state index contributed by atoms with van der Waals surface area (Å²) in [5.41, 5.74) is 3.10. The highest BCUT2D eigenvalue weighted by molar-refractivity contribution is 5.96. The lowest BCUT2D eigenvalue weighted by atomic mass is 9.92. The Kier molecular flexibility index (Phi) is 4.40. The molecule has 0 atom stereocenters. The molecule has 0 aliphatic carbocycles. The molecule has 2 heterocycles. The topological polar surface area (TPSA) is 69.1 Å². The van der Waals surface area contributed by atoms with Crippen molar-refractivity contribution >= 4 is 22.2 Å². The lowest BCUT2D eigenvalue weighted by Gasteiger charge is -2.40. The number of piperidine rings is 1. The summed E-state index contributed by atoms with van der Waals surface area (Å²) in [4.78, 5) is 17.3. The van der Waals surface area contributed by atoms with Gasteiger partial charge in [-0.05, 0) is 44.4 Å². The third-order valence-corrected chi connectivity index (χ3v) is 5.22. The van der Waals surface area contributed by atoms with Crippen LogP contribution in [0.5, 0.6) is 0 Å². The van der Waals surface area contributed by atoms with Gasteiger partial charge in [-0.3, -0.25) is 4.79 Å². The van der Waals surface area contributed by atoms with Crippen LogP contribution in [0.2, 0.25) is 0 Å². The molecule has 3 rings (SSSR count). The van der Waals surface area contributed by atoms with Crippen LogP contribution in [0.3, 0.4) is 0 Å². The average molecular weight is 337 g/mol. The molecular formula is C20H23N3O2. The molecule has 1 N–H and O–H groups in total. The summed E-state index contributed by atoms with van der Waals surface area (Å²) in [6.45, 7) is 9.54. The Bertz CT molecular complexity index is 928. The second-order valence-corrected chi connectivity index (χ2v) is 6.97. The van der Waals surface area contributed by atoms with Crippen molar-refractivity contribution in [1.29, 1.82) is 5.26 Å². The van der Waals surface area contributed by atoms with Gasteiger partial charge in [-0.15, -0.1) is 0 Å². The fourth-order valence-electron chi connectivity index (χ4n) is 3.38. The van der Waals surface area contributed by atoms with E-state index in [1.807, 2.05) is 25.1 Å². The maximum Gasteiger partial charge on any atom is 0.268 e. The summed E-state index contributed by atoms with van der Waals surface area (Å²) >= 11 is 0. The van der Waals surface area contributed by atoms with Crippen LogP contribution in [0.25, 0.3) is 16.5 Å². The van der Waals surface area contributed by atoms with E-state index in [4.69, 9.17) is 4.74 Å². The molecule has 2 aromatic rings. The molecule has 0 spiro atoms. The number of H-pyrrole nitrogens is 1. The number of fused-ring (bicyclic) bond motifs is 1. The Morgan fingerprint density at radius 3 is 2.64 bits per heavy atom. The zero-order chi connectivity index (χ0) is 18.2. The number of nitrogens with zero attached hydrogens (tertiary/aromatic N) is 2. The van der Waals surface area contributed by atoms with Gasteiger partial charge < -0.3 is 14.6 Å². The number of nitriles is 1. The molecule has 5 heteroatoms. The second-order valence-electron chi connectivity index (χ2n) is 6.97. The van der Waals surface area contributed by atoms with Crippen molar-refractivity contribution in [2.75, 3.05) is 25.1 Å². The first-order chi connectivity index (χ1) is 11.9. The zero-order valence-corrected chi connectivity index (χ0v) is 15.0. The van der Waals surface area contributed by atoms with Crippen LogP contribution >= 0.6 is 0 Å². The number of hydrogen-bond donors (Lipinski definition) is 1. The summed E-state index contributed by atoms with van der Waals surface area (Å²) < 4.78 is 5.61. The van der Waals surface area contributed by atoms with E-state index in [1.54, 1.807) is 7.11 Å². The number of pyridine rings is 1. The Balaban J connectivity index is 2.18. The molecule has 0 unspecified atom stereocenters. The lowest BCUT2D eigenvalue weighted by molar-refractivity contribution is -0.0132. The van der Waals surface area contributed by atoms with Crippen molar-refractivity contribution in [3.63, 3.8) is 0 Å². The van der Waals surface area contributed by atoms with E-state index in [2.05, 4.69) is 29.5 Å². The molecule has 1 fully saturated rings. The van der Waals surface area contributed by atoms with Gasteiger partial charge in [0.15, 0.2) is 0 Å². The molecule has 0 bridgehead atoms. The molecule has 1 saturated heterocycles. The van der Waals surface area contributed by atoms with E-state index < -0.39 is 0 Å². The molecular weight excluding hydrogens is 314 g/mol. The van der Waals surface area contributed by atoms with Crippen LogP contribution in [0.15, 0.2) is 29.6 Å². The van der Waals surface area contributed by atoms with Gasteiger partial charge in [0.2, 0.25) is 0 Å². The molecule has 25 heavy (non-hydrogen) atoms. The molecule has 1 aliphatic rings. The first kappa shape index (κ1) is 17.2. The highest BCUT2D eigenvalue weighted by atomic mass is 16.5. The van der Waals surface area contributed by atoms with Crippen LogP contribution in [0.4, 0.5) is 5.69 Å². The predicted molar refractivity (Wildman–Crippen MR) is 101 cm³/mol. The monoisotopic (exact) mass is 337 g/mol. The molecule has 5 nitrogen and oxygen atoms in total. The number of ether oxygens (including phenoxy) is 1. The summed E-state index contributed by atoms with van der Waals surface area (Å²) in [5, 5.41) is 10.5. The average Bonchev–Trinajstić information content (AvgIpc) is 2.61. The highest BCUT2D eigenvalue weighted by Gasteiger charge is 2.31. The third-order valence-electron chi connectivity index (χ3n) is 5.22. The van der Waals surface area contributed by atoms with E-state index in [9.17, 15) is 10.1 Å². The number of hydrogen-bond acceptors (Lipinski definition) is 4. The second kappa shape index (κ2) is 6.38. The molecule has 1 aromatic heterocycles. The van der Waals surface area contributed by atoms with Crippen molar-refractivity contribution in [3.05, 3.63) is 46.3 Å². The molecule has 0 saturated carbocycles. The smallest absolute Gasteiger partial charge is 0.268 e. The van der Waals surface area contributed by atoms with E-state index in [1.165, 1.54) is 0 Å². The number of allylic oxidation sites excluding steroid dienone is 1. The number of methoxy groups -OCH3 is 1. The van der Waals surface area contributed by atoms with Crippen LogP contribution in [-0.2, 0) is 4.74 Å². The minimum absolute atomic E-state index is 0.150. The van der Waals surface area contributed by atoms with Crippen molar-refractivity contribution in [3.8, 4) is 6.07 Å². The van der Waals surface area contributed by atoms with Crippen LogP contribution in [0, 0.1) is 11.3 Å². The first-order valence-corrected chi connectivity index (χ1v) is 8.44. The van der Waals surface area contributed by atoms with Gasteiger partial charge in [-0.25, -0.2) is 0 Å². The predicted octanol–water partition coefficient (Wildman–Crippen LogP) is 3.44. The zero-order valence-electron chi connectivity index (χ0n) is 15.0. The van der Waals surface area contributed by atoms with Gasteiger partial charge in [0.1, 0.15) is 11.6 Å². The number of aromatic nitrogens is 1. The molecule has 0 amide bonds. The molecule has 1 aliphatic heterocycles. The van der Waals surface area contributed by atoms with Crippen molar-refractivity contribution < 1.29 is 4.74 Å². The summed E-state index contributed by atoms with van der Waals surface area (Å²) in [5.74, 6) is 0. The van der Waals surface area contributed by atoms with Crippen LogP contribution in [-0.4, -0.2) is 30.8 Å². The Morgan fingerprint density at radius 1 is 1.40 bits per heavy atom. The molecule has 1 aromatic carbocycles. The third kappa shape index (κ3) is 3.06. The van der Waals surface area contributed by atoms with Crippen molar-refractivity contribution in [2.45, 2.75) is 32.3 Å². The minimum atomic E-state index is -0.340. The maximum absolute atomic E-state index is 12.4. The highest BCUT2D eigenvalue weighted by Crippen LogP contribution is 2.34. The van der Waals surface area contributed by atoms with E-state index >= 15 is 0 Å². The first-order valence-electron chi connectivity index (χ1n) is 8.44. The van der Waals surface area contributed by atoms with Crippen LogP contribution in [0.1, 0.15) is 37.8 Å². The van der Waals surface area contributed by atoms with Gasteiger partial charge in [-0.2, -0.15) is 5.26 Å². The van der Waals surface area contributed by atoms with Gasteiger partial charge in [0.25, 0.3) is 5.56 Å². The normalized spacial score (nSPS) is 16.6. The summed E-state index contributed by atoms with van der Waals surface area (Å²) in [6.07, 6.45) is 1.70. The van der Waals surface area contributed by atoms with Gasteiger partial charge >= 0.3 is 0 Å².